The van der Waals surface area contributed by atoms with E-state index >= 15 is 0 Å². The van der Waals surface area contributed by atoms with E-state index in [1.165, 1.54) is 0 Å². The molecule has 1 atom stereocenters. The first kappa shape index (κ1) is 15.9. The summed E-state index contributed by atoms with van der Waals surface area (Å²) in [5.74, 6) is 1.12. The number of amides is 1. The summed E-state index contributed by atoms with van der Waals surface area (Å²) < 4.78 is 11.0. The molecule has 2 aromatic rings. The molecule has 0 saturated carbocycles. The summed E-state index contributed by atoms with van der Waals surface area (Å²) in [6, 6.07) is 13.3. The molecule has 2 aromatic carbocycles. The van der Waals surface area contributed by atoms with Gasteiger partial charge in [0.25, 0.3) is 5.91 Å². The van der Waals surface area contributed by atoms with Crippen LogP contribution < -0.4 is 14.8 Å². The number of para-hydroxylation sites is 1. The number of carbonyl (C=O) groups excluding carboxylic acids is 1. The van der Waals surface area contributed by atoms with Gasteiger partial charge in [-0.05, 0) is 50.1 Å². The Kier molecular flexibility index (Phi) is 5.04. The molecule has 1 unspecified atom stereocenters. The minimum atomic E-state index is -0.605. The molecule has 0 bridgehead atoms. The fraction of sp³-hybridized carbons (Fsp3) is 0.278. The lowest BCUT2D eigenvalue weighted by atomic mass is 10.2. The maximum absolute atomic E-state index is 12.3. The molecule has 0 fully saturated rings. The molecule has 0 spiro atoms. The molecule has 2 rings (SSSR count). The largest absolute Gasteiger partial charge is 0.495 e. The van der Waals surface area contributed by atoms with Gasteiger partial charge in [-0.25, -0.2) is 0 Å². The van der Waals surface area contributed by atoms with Gasteiger partial charge in [0.2, 0.25) is 0 Å². The first-order valence-electron chi connectivity index (χ1n) is 7.19. The Morgan fingerprint density at radius 3 is 2.50 bits per heavy atom. The van der Waals surface area contributed by atoms with Crippen molar-refractivity contribution in [1.82, 2.24) is 0 Å². The number of methoxy groups -OCH3 is 1. The average Bonchev–Trinajstić information content (AvgIpc) is 2.49. The Morgan fingerprint density at radius 2 is 1.82 bits per heavy atom. The maximum Gasteiger partial charge on any atom is 0.265 e. The number of rotatable bonds is 5. The molecular formula is C18H21NO3. The third-order valence-electron chi connectivity index (χ3n) is 3.38. The quantitative estimate of drug-likeness (QED) is 0.915. The highest BCUT2D eigenvalue weighted by molar-refractivity contribution is 5.95. The second-order valence-electron chi connectivity index (χ2n) is 5.22. The van der Waals surface area contributed by atoms with Crippen LogP contribution in [0.25, 0.3) is 0 Å². The van der Waals surface area contributed by atoms with Crippen LogP contribution in [0.5, 0.6) is 11.5 Å². The van der Waals surface area contributed by atoms with Gasteiger partial charge in [-0.2, -0.15) is 0 Å². The summed E-state index contributed by atoms with van der Waals surface area (Å²) in [6.07, 6.45) is -0.605. The third kappa shape index (κ3) is 3.79. The highest BCUT2D eigenvalue weighted by Crippen LogP contribution is 2.26. The number of benzene rings is 2. The van der Waals surface area contributed by atoms with Crippen molar-refractivity contribution in [3.05, 3.63) is 53.6 Å². The number of anilines is 1. The van der Waals surface area contributed by atoms with Gasteiger partial charge >= 0.3 is 0 Å². The monoisotopic (exact) mass is 299 g/mol. The maximum atomic E-state index is 12.3. The van der Waals surface area contributed by atoms with E-state index in [1.807, 2.05) is 56.3 Å². The molecular weight excluding hydrogens is 278 g/mol. The van der Waals surface area contributed by atoms with Crippen molar-refractivity contribution in [2.24, 2.45) is 0 Å². The minimum absolute atomic E-state index is 0.216. The van der Waals surface area contributed by atoms with E-state index in [-0.39, 0.29) is 5.91 Å². The predicted molar refractivity (Wildman–Crippen MR) is 87.6 cm³/mol. The summed E-state index contributed by atoms with van der Waals surface area (Å²) in [7, 11) is 1.58. The van der Waals surface area contributed by atoms with E-state index in [0.29, 0.717) is 17.2 Å². The molecule has 1 amide bonds. The second kappa shape index (κ2) is 6.98. The Balaban J connectivity index is 2.09. The van der Waals surface area contributed by atoms with Crippen LogP contribution in [-0.2, 0) is 4.79 Å². The van der Waals surface area contributed by atoms with Gasteiger partial charge in [0.05, 0.1) is 12.8 Å². The highest BCUT2D eigenvalue weighted by Gasteiger charge is 2.17. The van der Waals surface area contributed by atoms with Crippen molar-refractivity contribution in [2.75, 3.05) is 12.4 Å². The summed E-state index contributed by atoms with van der Waals surface area (Å²) in [4.78, 5) is 12.3. The van der Waals surface area contributed by atoms with E-state index in [4.69, 9.17) is 9.47 Å². The molecule has 4 heteroatoms. The van der Waals surface area contributed by atoms with Crippen molar-refractivity contribution in [1.29, 1.82) is 0 Å². The fourth-order valence-electron chi connectivity index (χ4n) is 2.09. The number of nitrogens with one attached hydrogen (secondary N) is 1. The number of carbonyl (C=O) groups is 1. The molecule has 22 heavy (non-hydrogen) atoms. The second-order valence-corrected chi connectivity index (χ2v) is 5.22. The van der Waals surface area contributed by atoms with Crippen LogP contribution in [0.2, 0.25) is 0 Å². The van der Waals surface area contributed by atoms with Gasteiger partial charge in [-0.1, -0.05) is 24.3 Å². The van der Waals surface area contributed by atoms with Crippen LogP contribution in [0.15, 0.2) is 42.5 Å². The van der Waals surface area contributed by atoms with Crippen molar-refractivity contribution in [3.8, 4) is 11.5 Å². The van der Waals surface area contributed by atoms with Gasteiger partial charge in [-0.3, -0.25) is 4.79 Å². The van der Waals surface area contributed by atoms with Crippen molar-refractivity contribution in [2.45, 2.75) is 26.9 Å². The number of hydrogen-bond acceptors (Lipinski definition) is 3. The van der Waals surface area contributed by atoms with Gasteiger partial charge < -0.3 is 14.8 Å². The molecule has 0 saturated heterocycles. The summed E-state index contributed by atoms with van der Waals surface area (Å²) in [5.41, 5.74) is 2.69. The molecule has 0 aromatic heterocycles. The van der Waals surface area contributed by atoms with Crippen molar-refractivity contribution >= 4 is 11.6 Å². The number of ether oxygens (including phenoxy) is 2. The standard InChI is InChI=1S/C18H21NO3/c1-12-9-10-17(21-4)15(11-12)19-18(20)14(3)22-16-8-6-5-7-13(16)2/h5-11,14H,1-4H3,(H,19,20). The summed E-state index contributed by atoms with van der Waals surface area (Å²) in [5, 5.41) is 2.85. The lowest BCUT2D eigenvalue weighted by Crippen LogP contribution is -2.30. The topological polar surface area (TPSA) is 47.6 Å². The van der Waals surface area contributed by atoms with E-state index in [2.05, 4.69) is 5.32 Å². The van der Waals surface area contributed by atoms with Gasteiger partial charge in [0.15, 0.2) is 6.10 Å². The number of hydrogen-bond donors (Lipinski definition) is 1. The third-order valence-corrected chi connectivity index (χ3v) is 3.38. The smallest absolute Gasteiger partial charge is 0.265 e. The van der Waals surface area contributed by atoms with E-state index in [0.717, 1.165) is 11.1 Å². The molecule has 0 aliphatic heterocycles. The van der Waals surface area contributed by atoms with Crippen molar-refractivity contribution in [3.63, 3.8) is 0 Å². The summed E-state index contributed by atoms with van der Waals surface area (Å²) >= 11 is 0. The zero-order chi connectivity index (χ0) is 16.1. The van der Waals surface area contributed by atoms with E-state index in [9.17, 15) is 4.79 Å². The molecule has 0 radical (unpaired) electrons. The Hall–Kier alpha value is -2.49. The fourth-order valence-corrected chi connectivity index (χ4v) is 2.09. The van der Waals surface area contributed by atoms with Gasteiger partial charge in [0, 0.05) is 0 Å². The Bertz CT molecular complexity index is 667. The lowest BCUT2D eigenvalue weighted by Gasteiger charge is -2.17. The minimum Gasteiger partial charge on any atom is -0.495 e. The molecule has 0 aliphatic rings. The molecule has 116 valence electrons. The van der Waals surface area contributed by atoms with Crippen LogP contribution in [0.3, 0.4) is 0 Å². The summed E-state index contributed by atoms with van der Waals surface area (Å²) in [6.45, 7) is 5.63. The van der Waals surface area contributed by atoms with Crippen LogP contribution in [0.4, 0.5) is 5.69 Å². The molecule has 4 nitrogen and oxygen atoms in total. The van der Waals surface area contributed by atoms with E-state index in [1.54, 1.807) is 14.0 Å². The van der Waals surface area contributed by atoms with Crippen molar-refractivity contribution < 1.29 is 14.3 Å². The zero-order valence-electron chi connectivity index (χ0n) is 13.3. The first-order valence-corrected chi connectivity index (χ1v) is 7.19. The first-order chi connectivity index (χ1) is 10.5. The van der Waals surface area contributed by atoms with Gasteiger partial charge in [0.1, 0.15) is 11.5 Å². The van der Waals surface area contributed by atoms with Gasteiger partial charge in [-0.15, -0.1) is 0 Å². The molecule has 0 heterocycles. The lowest BCUT2D eigenvalue weighted by molar-refractivity contribution is -0.122. The highest BCUT2D eigenvalue weighted by atomic mass is 16.5. The van der Waals surface area contributed by atoms with Crippen LogP contribution in [0, 0.1) is 13.8 Å². The Morgan fingerprint density at radius 1 is 1.09 bits per heavy atom. The predicted octanol–water partition coefficient (Wildman–Crippen LogP) is 3.72. The zero-order valence-corrected chi connectivity index (χ0v) is 13.3. The average molecular weight is 299 g/mol. The number of aryl methyl sites for hydroxylation is 2. The SMILES string of the molecule is COc1ccc(C)cc1NC(=O)C(C)Oc1ccccc1C. The molecule has 1 N–H and O–H groups in total. The van der Waals surface area contributed by atoms with Crippen LogP contribution in [-0.4, -0.2) is 19.1 Å². The van der Waals surface area contributed by atoms with Crippen LogP contribution >= 0.6 is 0 Å². The molecule has 0 aliphatic carbocycles. The van der Waals surface area contributed by atoms with Crippen LogP contribution in [0.1, 0.15) is 18.1 Å². The Labute approximate surface area is 131 Å². The van der Waals surface area contributed by atoms with E-state index < -0.39 is 6.10 Å². The normalized spacial score (nSPS) is 11.6.